The monoisotopic (exact) mass is 283 g/mol. The fourth-order valence-electron chi connectivity index (χ4n) is 3.36. The smallest absolute Gasteiger partial charge is 0.138 e. The summed E-state index contributed by atoms with van der Waals surface area (Å²) in [7, 11) is 0. The van der Waals surface area contributed by atoms with Crippen molar-refractivity contribution in [2.45, 2.75) is 44.3 Å². The van der Waals surface area contributed by atoms with Gasteiger partial charge in [-0.15, -0.1) is 0 Å². The summed E-state index contributed by atoms with van der Waals surface area (Å²) < 4.78 is 1.77. The zero-order valence-corrected chi connectivity index (χ0v) is 12.3. The second-order valence-electron chi connectivity index (χ2n) is 6.24. The maximum absolute atomic E-state index is 4.14. The van der Waals surface area contributed by atoms with Crippen molar-refractivity contribution < 1.29 is 0 Å². The summed E-state index contributed by atoms with van der Waals surface area (Å²) in [4.78, 5) is 6.64. The molecule has 0 spiro atoms. The summed E-state index contributed by atoms with van der Waals surface area (Å²) in [6.07, 6.45) is 7.29. The van der Waals surface area contributed by atoms with Crippen LogP contribution in [0.5, 0.6) is 0 Å². The molecule has 2 aromatic rings. The van der Waals surface area contributed by atoms with Crippen molar-refractivity contribution >= 4 is 5.69 Å². The molecule has 2 heterocycles. The molecule has 21 heavy (non-hydrogen) atoms. The minimum absolute atomic E-state index is 0.567. The SMILES string of the molecule is CC1CC(Nc2ccc(-n3cncn3)cc2)CN1C1CC1. The first kappa shape index (κ1) is 12.8. The van der Waals surface area contributed by atoms with Crippen molar-refractivity contribution in [3.05, 3.63) is 36.9 Å². The Morgan fingerprint density at radius 2 is 2.00 bits per heavy atom. The highest BCUT2D eigenvalue weighted by atomic mass is 15.3. The van der Waals surface area contributed by atoms with Gasteiger partial charge >= 0.3 is 0 Å². The van der Waals surface area contributed by atoms with Crippen molar-refractivity contribution in [1.82, 2.24) is 19.7 Å². The van der Waals surface area contributed by atoms with E-state index in [9.17, 15) is 0 Å². The molecule has 1 aromatic heterocycles. The van der Waals surface area contributed by atoms with Crippen LogP contribution in [0.25, 0.3) is 5.69 Å². The van der Waals surface area contributed by atoms with Crippen LogP contribution in [-0.2, 0) is 0 Å². The zero-order valence-electron chi connectivity index (χ0n) is 12.3. The van der Waals surface area contributed by atoms with Gasteiger partial charge in [-0.25, -0.2) is 9.67 Å². The van der Waals surface area contributed by atoms with Gasteiger partial charge in [0, 0.05) is 30.4 Å². The normalized spacial score (nSPS) is 26.1. The van der Waals surface area contributed by atoms with E-state index in [1.807, 2.05) is 0 Å². The molecule has 1 aliphatic carbocycles. The van der Waals surface area contributed by atoms with Crippen LogP contribution in [0.1, 0.15) is 26.2 Å². The molecule has 0 radical (unpaired) electrons. The minimum atomic E-state index is 0.567. The van der Waals surface area contributed by atoms with Gasteiger partial charge in [0.25, 0.3) is 0 Å². The van der Waals surface area contributed by atoms with Crippen molar-refractivity contribution in [2.75, 3.05) is 11.9 Å². The first-order valence-electron chi connectivity index (χ1n) is 7.77. The summed E-state index contributed by atoms with van der Waals surface area (Å²) in [6, 6.07) is 10.6. The van der Waals surface area contributed by atoms with E-state index in [0.29, 0.717) is 12.1 Å². The largest absolute Gasteiger partial charge is 0.381 e. The molecule has 2 aliphatic rings. The third-order valence-corrected chi connectivity index (χ3v) is 4.56. The third-order valence-electron chi connectivity index (χ3n) is 4.56. The molecule has 2 unspecified atom stereocenters. The maximum Gasteiger partial charge on any atom is 0.138 e. The van der Waals surface area contributed by atoms with Crippen LogP contribution in [-0.4, -0.2) is 44.3 Å². The molecule has 2 atom stereocenters. The predicted octanol–water partition coefficient (Wildman–Crippen LogP) is 2.30. The van der Waals surface area contributed by atoms with Crippen molar-refractivity contribution in [3.8, 4) is 5.69 Å². The highest BCUT2D eigenvalue weighted by Crippen LogP contribution is 2.34. The standard InChI is InChI=1S/C16H21N5/c1-12-8-14(9-20(12)15-6-7-15)19-13-2-4-16(5-3-13)21-11-17-10-18-21/h2-5,10-12,14-15,19H,6-9H2,1H3. The first-order valence-corrected chi connectivity index (χ1v) is 7.77. The Morgan fingerprint density at radius 3 is 2.67 bits per heavy atom. The van der Waals surface area contributed by atoms with Crippen LogP contribution in [0.3, 0.4) is 0 Å². The number of benzene rings is 1. The second-order valence-corrected chi connectivity index (χ2v) is 6.24. The maximum atomic E-state index is 4.14. The molecular weight excluding hydrogens is 262 g/mol. The van der Waals surface area contributed by atoms with Crippen LogP contribution in [0, 0.1) is 0 Å². The molecule has 2 fully saturated rings. The van der Waals surface area contributed by atoms with Crippen LogP contribution in [0.4, 0.5) is 5.69 Å². The second kappa shape index (κ2) is 5.15. The summed E-state index contributed by atoms with van der Waals surface area (Å²) in [5.41, 5.74) is 2.23. The lowest BCUT2D eigenvalue weighted by Gasteiger charge is -2.20. The molecule has 1 aromatic carbocycles. The number of hydrogen-bond acceptors (Lipinski definition) is 4. The Hall–Kier alpha value is -1.88. The Kier molecular flexibility index (Phi) is 3.15. The van der Waals surface area contributed by atoms with Crippen LogP contribution in [0.2, 0.25) is 0 Å². The lowest BCUT2D eigenvalue weighted by molar-refractivity contribution is 0.257. The van der Waals surface area contributed by atoms with Gasteiger partial charge < -0.3 is 5.32 Å². The van der Waals surface area contributed by atoms with Gasteiger partial charge in [-0.2, -0.15) is 5.10 Å². The molecule has 1 aliphatic heterocycles. The summed E-state index contributed by atoms with van der Waals surface area (Å²) >= 11 is 0. The van der Waals surface area contributed by atoms with E-state index in [4.69, 9.17) is 0 Å². The number of aromatic nitrogens is 3. The molecule has 1 N–H and O–H groups in total. The zero-order chi connectivity index (χ0) is 14.2. The highest BCUT2D eigenvalue weighted by molar-refractivity contribution is 5.49. The van der Waals surface area contributed by atoms with Crippen LogP contribution >= 0.6 is 0 Å². The van der Waals surface area contributed by atoms with Crippen molar-refractivity contribution in [3.63, 3.8) is 0 Å². The van der Waals surface area contributed by atoms with Gasteiger partial charge in [-0.05, 0) is 50.5 Å². The lowest BCUT2D eigenvalue weighted by atomic mass is 10.2. The molecule has 0 bridgehead atoms. The fourth-order valence-corrected chi connectivity index (χ4v) is 3.36. The molecule has 5 nitrogen and oxygen atoms in total. The van der Waals surface area contributed by atoms with E-state index in [2.05, 4.69) is 51.5 Å². The van der Waals surface area contributed by atoms with E-state index in [1.165, 1.54) is 31.5 Å². The molecule has 5 heteroatoms. The quantitative estimate of drug-likeness (QED) is 0.935. The van der Waals surface area contributed by atoms with Gasteiger partial charge in [0.2, 0.25) is 0 Å². The van der Waals surface area contributed by atoms with Gasteiger partial charge in [-0.3, -0.25) is 4.90 Å². The average molecular weight is 283 g/mol. The van der Waals surface area contributed by atoms with E-state index in [0.717, 1.165) is 11.7 Å². The number of hydrogen-bond donors (Lipinski definition) is 1. The Labute approximate surface area is 125 Å². The van der Waals surface area contributed by atoms with Crippen LogP contribution < -0.4 is 5.32 Å². The molecule has 1 saturated heterocycles. The van der Waals surface area contributed by atoms with E-state index < -0.39 is 0 Å². The molecule has 110 valence electrons. The Morgan fingerprint density at radius 1 is 1.19 bits per heavy atom. The number of nitrogens with one attached hydrogen (secondary N) is 1. The lowest BCUT2D eigenvalue weighted by Crippen LogP contribution is -2.30. The third kappa shape index (κ3) is 2.65. The number of rotatable bonds is 4. The van der Waals surface area contributed by atoms with Gasteiger partial charge in [0.1, 0.15) is 12.7 Å². The summed E-state index contributed by atoms with van der Waals surface area (Å²) in [6.45, 7) is 3.53. The summed E-state index contributed by atoms with van der Waals surface area (Å²) in [5, 5.41) is 7.81. The predicted molar refractivity (Wildman–Crippen MR) is 82.6 cm³/mol. The Bertz CT molecular complexity index is 588. The minimum Gasteiger partial charge on any atom is -0.381 e. The molecule has 4 rings (SSSR count). The van der Waals surface area contributed by atoms with Gasteiger partial charge in [0.15, 0.2) is 0 Å². The van der Waals surface area contributed by atoms with Crippen molar-refractivity contribution in [1.29, 1.82) is 0 Å². The number of anilines is 1. The topological polar surface area (TPSA) is 46.0 Å². The van der Waals surface area contributed by atoms with Gasteiger partial charge in [0.05, 0.1) is 5.69 Å². The molecule has 0 amide bonds. The summed E-state index contributed by atoms with van der Waals surface area (Å²) in [5.74, 6) is 0. The fraction of sp³-hybridized carbons (Fsp3) is 0.500. The first-order chi connectivity index (χ1) is 10.3. The number of nitrogens with zero attached hydrogens (tertiary/aromatic N) is 4. The van der Waals surface area contributed by atoms with Crippen LogP contribution in [0.15, 0.2) is 36.9 Å². The molecule has 1 saturated carbocycles. The number of likely N-dealkylation sites (tertiary alicyclic amines) is 1. The average Bonchev–Trinajstić information content (AvgIpc) is 3.05. The van der Waals surface area contributed by atoms with Gasteiger partial charge in [-0.1, -0.05) is 0 Å². The van der Waals surface area contributed by atoms with E-state index in [-0.39, 0.29) is 0 Å². The Balaban J connectivity index is 1.41. The molecular formula is C16H21N5. The van der Waals surface area contributed by atoms with E-state index >= 15 is 0 Å². The van der Waals surface area contributed by atoms with Crippen molar-refractivity contribution in [2.24, 2.45) is 0 Å². The van der Waals surface area contributed by atoms with E-state index in [1.54, 1.807) is 17.3 Å². The highest BCUT2D eigenvalue weighted by Gasteiger charge is 2.38.